The van der Waals surface area contributed by atoms with Crippen molar-refractivity contribution < 1.29 is 19.4 Å². The fourth-order valence-corrected chi connectivity index (χ4v) is 1.31. The Morgan fingerprint density at radius 2 is 2.07 bits per heavy atom. The smallest absolute Gasteiger partial charge is 0.212 e. The van der Waals surface area contributed by atoms with Crippen LogP contribution in [0.3, 0.4) is 0 Å². The molecule has 0 saturated carbocycles. The molecule has 0 atom stereocenters. The van der Waals surface area contributed by atoms with Gasteiger partial charge in [0.2, 0.25) is 5.76 Å². The van der Waals surface area contributed by atoms with E-state index < -0.39 is 0 Å². The van der Waals surface area contributed by atoms with E-state index >= 15 is 0 Å². The number of fused-ring (bicyclic) bond motifs is 1. The monoisotopic (exact) mass is 192 g/mol. The lowest BCUT2D eigenvalue weighted by atomic mass is 10.2. The Balaban J connectivity index is 2.80. The second-order valence-electron chi connectivity index (χ2n) is 3.02. The minimum atomic E-state index is -0.349. The van der Waals surface area contributed by atoms with Crippen molar-refractivity contribution in [3.63, 3.8) is 0 Å². The van der Waals surface area contributed by atoms with Crippen LogP contribution in [0.5, 0.6) is 11.5 Å². The molecule has 0 aliphatic carbocycles. The molecule has 4 heteroatoms. The number of carbonyl (C=O) groups excluding carboxylic acids is 1. The molecule has 14 heavy (non-hydrogen) atoms. The Morgan fingerprint density at radius 3 is 2.71 bits per heavy atom. The van der Waals surface area contributed by atoms with Crippen LogP contribution in [0.25, 0.3) is 11.0 Å². The van der Waals surface area contributed by atoms with Crippen molar-refractivity contribution in [1.82, 2.24) is 0 Å². The van der Waals surface area contributed by atoms with Crippen molar-refractivity contribution in [2.75, 3.05) is 0 Å². The standard InChI is InChI=1S/C10H8O4/c1-5(11)10-9(13)7-4-6(12)2-3-8(7)14-10/h2-4,12-13H,1H3. The van der Waals surface area contributed by atoms with Gasteiger partial charge in [0.1, 0.15) is 11.3 Å². The van der Waals surface area contributed by atoms with Gasteiger partial charge in [-0.3, -0.25) is 4.79 Å². The fourth-order valence-electron chi connectivity index (χ4n) is 1.31. The van der Waals surface area contributed by atoms with Gasteiger partial charge >= 0.3 is 0 Å². The summed E-state index contributed by atoms with van der Waals surface area (Å²) in [6.07, 6.45) is 0. The first-order chi connectivity index (χ1) is 6.59. The van der Waals surface area contributed by atoms with E-state index in [1.165, 1.54) is 25.1 Å². The predicted molar refractivity (Wildman–Crippen MR) is 49.5 cm³/mol. The maximum Gasteiger partial charge on any atom is 0.212 e. The highest BCUT2D eigenvalue weighted by molar-refractivity contribution is 6.01. The van der Waals surface area contributed by atoms with Gasteiger partial charge in [-0.15, -0.1) is 0 Å². The summed E-state index contributed by atoms with van der Waals surface area (Å²) in [4.78, 5) is 11.0. The molecular weight excluding hydrogens is 184 g/mol. The van der Waals surface area contributed by atoms with E-state index in [9.17, 15) is 9.90 Å². The summed E-state index contributed by atoms with van der Waals surface area (Å²) >= 11 is 0. The number of Topliss-reactive ketones (excluding diaryl/α,β-unsaturated/α-hetero) is 1. The molecule has 2 aromatic rings. The molecule has 1 aromatic carbocycles. The number of furan rings is 1. The van der Waals surface area contributed by atoms with Crippen LogP contribution in [0, 0.1) is 0 Å². The lowest BCUT2D eigenvalue weighted by molar-refractivity contribution is 0.0985. The van der Waals surface area contributed by atoms with Gasteiger partial charge in [-0.05, 0) is 18.2 Å². The van der Waals surface area contributed by atoms with Gasteiger partial charge in [0.15, 0.2) is 11.5 Å². The fraction of sp³-hybridized carbons (Fsp3) is 0.100. The number of phenolic OH excluding ortho intramolecular Hbond substituents is 1. The van der Waals surface area contributed by atoms with Crippen LogP contribution in [0.15, 0.2) is 22.6 Å². The SMILES string of the molecule is CC(=O)c1oc2ccc(O)cc2c1O. The van der Waals surface area contributed by atoms with Crippen LogP contribution in [-0.2, 0) is 0 Å². The van der Waals surface area contributed by atoms with Crippen molar-refractivity contribution in [3.8, 4) is 11.5 Å². The first-order valence-electron chi connectivity index (χ1n) is 4.05. The molecule has 2 rings (SSSR count). The zero-order valence-corrected chi connectivity index (χ0v) is 7.44. The number of aromatic hydroxyl groups is 2. The van der Waals surface area contributed by atoms with Gasteiger partial charge in [-0.2, -0.15) is 0 Å². The molecule has 4 nitrogen and oxygen atoms in total. The van der Waals surface area contributed by atoms with E-state index in [0.29, 0.717) is 11.0 Å². The summed E-state index contributed by atoms with van der Waals surface area (Å²) in [6.45, 7) is 1.30. The summed E-state index contributed by atoms with van der Waals surface area (Å²) in [5.74, 6) is -0.629. The summed E-state index contributed by atoms with van der Waals surface area (Å²) in [5.41, 5.74) is 0.380. The first-order valence-corrected chi connectivity index (χ1v) is 4.05. The second-order valence-corrected chi connectivity index (χ2v) is 3.02. The number of benzene rings is 1. The highest BCUT2D eigenvalue weighted by atomic mass is 16.4. The molecule has 2 N–H and O–H groups in total. The summed E-state index contributed by atoms with van der Waals surface area (Å²) in [6, 6.07) is 4.27. The Morgan fingerprint density at radius 1 is 1.36 bits per heavy atom. The predicted octanol–water partition coefficient (Wildman–Crippen LogP) is 2.05. The summed E-state index contributed by atoms with van der Waals surface area (Å²) in [5, 5.41) is 19.1. The Bertz CT molecular complexity index is 510. The van der Waals surface area contributed by atoms with Crippen molar-refractivity contribution in [3.05, 3.63) is 24.0 Å². The van der Waals surface area contributed by atoms with Crippen LogP contribution < -0.4 is 0 Å². The van der Waals surface area contributed by atoms with E-state index in [2.05, 4.69) is 0 Å². The number of hydrogen-bond donors (Lipinski definition) is 2. The molecule has 0 spiro atoms. The molecule has 0 fully saturated rings. The van der Waals surface area contributed by atoms with Gasteiger partial charge in [-0.25, -0.2) is 0 Å². The van der Waals surface area contributed by atoms with E-state index in [1.807, 2.05) is 0 Å². The van der Waals surface area contributed by atoms with Crippen molar-refractivity contribution in [2.24, 2.45) is 0 Å². The molecule has 0 unspecified atom stereocenters. The molecule has 0 amide bonds. The zero-order chi connectivity index (χ0) is 10.3. The van der Waals surface area contributed by atoms with Crippen molar-refractivity contribution >= 4 is 16.8 Å². The Kier molecular flexibility index (Phi) is 1.70. The zero-order valence-electron chi connectivity index (χ0n) is 7.44. The van der Waals surface area contributed by atoms with Crippen molar-refractivity contribution in [1.29, 1.82) is 0 Å². The lowest BCUT2D eigenvalue weighted by Gasteiger charge is -1.90. The number of carbonyl (C=O) groups is 1. The molecule has 72 valence electrons. The molecule has 0 radical (unpaired) electrons. The van der Waals surface area contributed by atoms with E-state index in [4.69, 9.17) is 9.52 Å². The Hall–Kier alpha value is -1.97. The third-order valence-corrected chi connectivity index (χ3v) is 1.97. The third kappa shape index (κ3) is 1.12. The second kappa shape index (κ2) is 2.77. The van der Waals surface area contributed by atoms with Gasteiger partial charge in [0.05, 0.1) is 5.39 Å². The minimum absolute atomic E-state index is 0.0173. The number of rotatable bonds is 1. The number of hydrogen-bond acceptors (Lipinski definition) is 4. The minimum Gasteiger partial charge on any atom is -0.508 e. The maximum atomic E-state index is 11.0. The molecule has 1 heterocycles. The van der Waals surface area contributed by atoms with Crippen LogP contribution in [0.1, 0.15) is 17.5 Å². The summed E-state index contributed by atoms with van der Waals surface area (Å²) < 4.78 is 5.10. The molecule has 0 aliphatic rings. The highest BCUT2D eigenvalue weighted by Gasteiger charge is 2.16. The van der Waals surface area contributed by atoms with Gasteiger partial charge in [0.25, 0.3) is 0 Å². The summed E-state index contributed by atoms with van der Waals surface area (Å²) in [7, 11) is 0. The lowest BCUT2D eigenvalue weighted by Crippen LogP contribution is -1.87. The number of phenols is 1. The molecule has 1 aromatic heterocycles. The van der Waals surface area contributed by atoms with E-state index in [1.54, 1.807) is 0 Å². The maximum absolute atomic E-state index is 11.0. The van der Waals surface area contributed by atoms with Gasteiger partial charge in [-0.1, -0.05) is 0 Å². The van der Waals surface area contributed by atoms with Gasteiger partial charge < -0.3 is 14.6 Å². The van der Waals surface area contributed by atoms with Crippen LogP contribution >= 0.6 is 0 Å². The molecule has 0 bridgehead atoms. The third-order valence-electron chi connectivity index (χ3n) is 1.97. The number of ketones is 1. The van der Waals surface area contributed by atoms with Gasteiger partial charge in [0, 0.05) is 6.92 Å². The highest BCUT2D eigenvalue weighted by Crippen LogP contribution is 2.34. The molecular formula is C10H8O4. The first kappa shape index (κ1) is 8.62. The van der Waals surface area contributed by atoms with E-state index in [-0.39, 0.29) is 23.0 Å². The van der Waals surface area contributed by atoms with Crippen LogP contribution in [-0.4, -0.2) is 16.0 Å². The average molecular weight is 192 g/mol. The Labute approximate surface area is 79.4 Å². The van der Waals surface area contributed by atoms with E-state index in [0.717, 1.165) is 0 Å². The van der Waals surface area contributed by atoms with Crippen LogP contribution in [0.4, 0.5) is 0 Å². The quantitative estimate of drug-likeness (QED) is 0.678. The normalized spacial score (nSPS) is 10.6. The van der Waals surface area contributed by atoms with Crippen LogP contribution in [0.2, 0.25) is 0 Å². The molecule has 0 saturated heterocycles. The van der Waals surface area contributed by atoms with Crippen molar-refractivity contribution in [2.45, 2.75) is 6.92 Å². The average Bonchev–Trinajstić information content (AvgIpc) is 2.44. The largest absolute Gasteiger partial charge is 0.508 e. The topological polar surface area (TPSA) is 70.7 Å². The molecule has 0 aliphatic heterocycles.